The number of rotatable bonds is 1. The summed E-state index contributed by atoms with van der Waals surface area (Å²) in [4.78, 5) is 14.7. The Morgan fingerprint density at radius 1 is 1.35 bits per heavy atom. The molecule has 7 heteroatoms. The Balaban J connectivity index is 1.59. The summed E-state index contributed by atoms with van der Waals surface area (Å²) in [6.07, 6.45) is 0.734. The Morgan fingerprint density at radius 3 is 2.62 bits per heavy atom. The first kappa shape index (κ1) is 17.5. The van der Waals surface area contributed by atoms with E-state index in [1.54, 1.807) is 23.6 Å². The third-order valence-corrected chi connectivity index (χ3v) is 6.51. The highest BCUT2D eigenvalue weighted by Gasteiger charge is 2.51. The van der Waals surface area contributed by atoms with Gasteiger partial charge in [-0.25, -0.2) is 0 Å². The lowest BCUT2D eigenvalue weighted by molar-refractivity contribution is 0.0258. The van der Waals surface area contributed by atoms with Crippen molar-refractivity contribution in [2.24, 2.45) is 12.8 Å². The SMILES string of the molecule is Cc1nn(C)c(C(=O)N2CCC3(CC2)c2ccccc2[C@@H](N)[C@@H]3O)c1Cl. The monoisotopic (exact) mass is 374 g/mol. The van der Waals surface area contributed by atoms with Crippen molar-refractivity contribution in [1.29, 1.82) is 0 Å². The Hall–Kier alpha value is -1.89. The number of fused-ring (bicyclic) bond motifs is 2. The first-order valence-electron chi connectivity index (χ1n) is 8.88. The van der Waals surface area contributed by atoms with Crippen LogP contribution >= 0.6 is 11.6 Å². The molecule has 1 amide bonds. The number of carbonyl (C=O) groups is 1. The fraction of sp³-hybridized carbons (Fsp3) is 0.474. The molecule has 1 saturated heterocycles. The summed E-state index contributed by atoms with van der Waals surface area (Å²) in [6, 6.07) is 7.62. The number of nitrogens with zero attached hydrogens (tertiary/aromatic N) is 3. The lowest BCUT2D eigenvalue weighted by Gasteiger charge is -2.42. The lowest BCUT2D eigenvalue weighted by Crippen LogP contribution is -2.50. The minimum Gasteiger partial charge on any atom is -0.390 e. The van der Waals surface area contributed by atoms with Crippen LogP contribution in [-0.4, -0.2) is 44.9 Å². The number of hydrogen-bond donors (Lipinski definition) is 2. The van der Waals surface area contributed by atoms with Crippen molar-refractivity contribution >= 4 is 17.5 Å². The molecule has 3 N–H and O–H groups in total. The van der Waals surface area contributed by atoms with Gasteiger partial charge in [0.05, 0.1) is 22.9 Å². The van der Waals surface area contributed by atoms with E-state index in [4.69, 9.17) is 17.3 Å². The highest BCUT2D eigenvalue weighted by atomic mass is 35.5. The zero-order chi connectivity index (χ0) is 18.6. The largest absolute Gasteiger partial charge is 0.390 e. The van der Waals surface area contributed by atoms with Crippen molar-refractivity contribution in [2.75, 3.05) is 13.1 Å². The first-order chi connectivity index (χ1) is 12.4. The van der Waals surface area contributed by atoms with E-state index in [1.165, 1.54) is 0 Å². The second-order valence-electron chi connectivity index (χ2n) is 7.38. The predicted octanol–water partition coefficient (Wildman–Crippen LogP) is 1.93. The van der Waals surface area contributed by atoms with Gasteiger partial charge < -0.3 is 15.7 Å². The maximum Gasteiger partial charge on any atom is 0.273 e. The van der Waals surface area contributed by atoms with Crippen molar-refractivity contribution in [3.63, 3.8) is 0 Å². The number of halogens is 1. The molecule has 1 aliphatic carbocycles. The molecule has 1 aromatic carbocycles. The van der Waals surface area contributed by atoms with Crippen molar-refractivity contribution in [1.82, 2.24) is 14.7 Å². The number of benzene rings is 1. The molecule has 0 bridgehead atoms. The summed E-state index contributed by atoms with van der Waals surface area (Å²) in [5, 5.41) is 15.5. The van der Waals surface area contributed by atoms with Crippen LogP contribution in [0.15, 0.2) is 24.3 Å². The third kappa shape index (κ3) is 2.32. The van der Waals surface area contributed by atoms with E-state index in [9.17, 15) is 9.90 Å². The summed E-state index contributed by atoms with van der Waals surface area (Å²) < 4.78 is 1.54. The summed E-state index contributed by atoms with van der Waals surface area (Å²) in [7, 11) is 1.73. The van der Waals surface area contributed by atoms with Gasteiger partial charge >= 0.3 is 0 Å². The van der Waals surface area contributed by atoms with Gasteiger partial charge in [0.2, 0.25) is 0 Å². The molecule has 1 aromatic heterocycles. The average Bonchev–Trinajstić information content (AvgIpc) is 3.02. The number of nitrogens with two attached hydrogens (primary N) is 1. The topological polar surface area (TPSA) is 84.4 Å². The smallest absolute Gasteiger partial charge is 0.273 e. The standard InChI is InChI=1S/C19H23ClN4O2/c1-11-14(20)16(23(2)22-11)18(26)24-9-7-19(8-10-24)13-6-4-3-5-12(13)15(21)17(19)25/h3-6,15,17,25H,7-10,21H2,1-2H3/t15-,17+/m1/s1. The minimum atomic E-state index is -0.625. The molecule has 1 aliphatic heterocycles. The molecule has 2 atom stereocenters. The van der Waals surface area contributed by atoms with E-state index in [-0.39, 0.29) is 17.4 Å². The fourth-order valence-corrected chi connectivity index (χ4v) is 4.84. The van der Waals surface area contributed by atoms with E-state index in [2.05, 4.69) is 11.2 Å². The van der Waals surface area contributed by atoms with Gasteiger partial charge in [-0.05, 0) is 30.9 Å². The average molecular weight is 375 g/mol. The van der Waals surface area contributed by atoms with Crippen molar-refractivity contribution in [2.45, 2.75) is 37.3 Å². The molecule has 2 aromatic rings. The summed E-state index contributed by atoms with van der Waals surface area (Å²) in [6.45, 7) is 2.90. The number of likely N-dealkylation sites (tertiary alicyclic amines) is 1. The molecule has 6 nitrogen and oxygen atoms in total. The van der Waals surface area contributed by atoms with Crippen LogP contribution in [0.2, 0.25) is 5.02 Å². The predicted molar refractivity (Wildman–Crippen MR) is 99.1 cm³/mol. The Labute approximate surface area is 157 Å². The molecule has 1 spiro atoms. The minimum absolute atomic E-state index is 0.113. The normalized spacial score (nSPS) is 24.1. The Bertz CT molecular complexity index is 870. The summed E-state index contributed by atoms with van der Waals surface area (Å²) in [5.41, 5.74) is 9.10. The van der Waals surface area contributed by atoms with E-state index >= 15 is 0 Å². The number of aliphatic hydroxyl groups excluding tert-OH is 1. The molecular formula is C19H23ClN4O2. The van der Waals surface area contributed by atoms with Crippen LogP contribution in [0.5, 0.6) is 0 Å². The second-order valence-corrected chi connectivity index (χ2v) is 7.76. The zero-order valence-corrected chi connectivity index (χ0v) is 15.7. The van der Waals surface area contributed by atoms with Crippen LogP contribution in [0.1, 0.15) is 46.2 Å². The molecule has 4 rings (SSSR count). The number of carbonyl (C=O) groups excluding carboxylic acids is 1. The van der Waals surface area contributed by atoms with Gasteiger partial charge in [-0.2, -0.15) is 5.10 Å². The molecule has 2 aliphatic rings. The highest BCUT2D eigenvalue weighted by molar-refractivity contribution is 6.34. The Morgan fingerprint density at radius 2 is 2.00 bits per heavy atom. The molecule has 0 saturated carbocycles. The highest BCUT2D eigenvalue weighted by Crippen LogP contribution is 2.50. The third-order valence-electron chi connectivity index (χ3n) is 6.06. The van der Waals surface area contributed by atoms with E-state index < -0.39 is 6.10 Å². The van der Waals surface area contributed by atoms with Crippen LogP contribution in [0.25, 0.3) is 0 Å². The van der Waals surface area contributed by atoms with E-state index in [0.29, 0.717) is 42.3 Å². The molecular weight excluding hydrogens is 352 g/mol. The summed E-state index contributed by atoms with van der Waals surface area (Å²) in [5.74, 6) is -0.113. The van der Waals surface area contributed by atoms with E-state index in [1.807, 2.05) is 18.2 Å². The molecule has 2 heterocycles. The van der Waals surface area contributed by atoms with Crippen LogP contribution < -0.4 is 5.73 Å². The molecule has 26 heavy (non-hydrogen) atoms. The number of aryl methyl sites for hydroxylation is 2. The van der Waals surface area contributed by atoms with Crippen LogP contribution in [0, 0.1) is 6.92 Å². The summed E-state index contributed by atoms with van der Waals surface area (Å²) >= 11 is 6.27. The maximum absolute atomic E-state index is 12.9. The van der Waals surface area contributed by atoms with Gasteiger partial charge in [-0.3, -0.25) is 9.48 Å². The number of aliphatic hydroxyl groups is 1. The zero-order valence-electron chi connectivity index (χ0n) is 14.9. The van der Waals surface area contributed by atoms with Crippen LogP contribution in [0.3, 0.4) is 0 Å². The molecule has 138 valence electrons. The van der Waals surface area contributed by atoms with E-state index in [0.717, 1.165) is 11.1 Å². The van der Waals surface area contributed by atoms with Gasteiger partial charge in [0, 0.05) is 25.6 Å². The Kier molecular flexibility index (Phi) is 4.10. The maximum atomic E-state index is 12.9. The lowest BCUT2D eigenvalue weighted by atomic mass is 9.72. The van der Waals surface area contributed by atoms with Crippen molar-refractivity contribution in [3.8, 4) is 0 Å². The number of piperidine rings is 1. The van der Waals surface area contributed by atoms with Crippen molar-refractivity contribution < 1.29 is 9.90 Å². The van der Waals surface area contributed by atoms with Crippen LogP contribution in [0.4, 0.5) is 0 Å². The van der Waals surface area contributed by atoms with Crippen molar-refractivity contribution in [3.05, 3.63) is 51.8 Å². The van der Waals surface area contributed by atoms with Gasteiger partial charge in [0.1, 0.15) is 5.69 Å². The van der Waals surface area contributed by atoms with Gasteiger partial charge in [0.15, 0.2) is 0 Å². The number of hydrogen-bond acceptors (Lipinski definition) is 4. The van der Waals surface area contributed by atoms with Gasteiger partial charge in [0.25, 0.3) is 5.91 Å². The molecule has 1 fully saturated rings. The quantitative estimate of drug-likeness (QED) is 0.798. The molecule has 0 radical (unpaired) electrons. The van der Waals surface area contributed by atoms with Gasteiger partial charge in [-0.15, -0.1) is 0 Å². The van der Waals surface area contributed by atoms with Gasteiger partial charge in [-0.1, -0.05) is 35.9 Å². The fourth-order valence-electron chi connectivity index (χ4n) is 4.60. The number of amides is 1. The second kappa shape index (κ2) is 6.08. The number of aromatic nitrogens is 2. The first-order valence-corrected chi connectivity index (χ1v) is 9.26. The molecule has 0 unspecified atom stereocenters. The van der Waals surface area contributed by atoms with Crippen LogP contribution in [-0.2, 0) is 12.5 Å².